The zero-order chi connectivity index (χ0) is 17.3. The van der Waals surface area contributed by atoms with Crippen LogP contribution >= 0.6 is 0 Å². The fraction of sp³-hybridized carbons (Fsp3) is 0.611. The standard InChI is InChI=1S/C18H28FN3O/c1-6-20-16(22-12-17(2,3)18(22,4)5)21-10-13-7-8-15(19)14(9-13)11-23/h7-9,23H,6,10-12H2,1-5H3,(H,20,21). The highest BCUT2D eigenvalue weighted by atomic mass is 19.1. The molecule has 5 heteroatoms. The highest BCUT2D eigenvalue weighted by Gasteiger charge is 2.53. The number of nitrogens with zero attached hydrogens (tertiary/aromatic N) is 2. The summed E-state index contributed by atoms with van der Waals surface area (Å²) in [5.41, 5.74) is 1.48. The molecular formula is C18H28FN3O. The smallest absolute Gasteiger partial charge is 0.194 e. The van der Waals surface area contributed by atoms with E-state index in [4.69, 9.17) is 10.1 Å². The second-order valence-corrected chi connectivity index (χ2v) is 7.28. The summed E-state index contributed by atoms with van der Waals surface area (Å²) in [7, 11) is 0. The van der Waals surface area contributed by atoms with E-state index in [0.29, 0.717) is 12.1 Å². The second kappa shape index (κ2) is 6.48. The molecule has 1 aliphatic heterocycles. The predicted molar refractivity (Wildman–Crippen MR) is 91.7 cm³/mol. The first kappa shape index (κ1) is 17.7. The van der Waals surface area contributed by atoms with E-state index in [2.05, 4.69) is 44.8 Å². The Hall–Kier alpha value is -1.62. The lowest BCUT2D eigenvalue weighted by Crippen LogP contribution is -2.72. The van der Waals surface area contributed by atoms with Crippen molar-refractivity contribution in [1.82, 2.24) is 10.2 Å². The van der Waals surface area contributed by atoms with Crippen LogP contribution in [-0.4, -0.2) is 34.6 Å². The van der Waals surface area contributed by atoms with Crippen molar-refractivity contribution < 1.29 is 9.50 Å². The third-order valence-corrected chi connectivity index (χ3v) is 5.17. The molecule has 1 aliphatic rings. The summed E-state index contributed by atoms with van der Waals surface area (Å²) in [6.07, 6.45) is 0. The highest BCUT2D eigenvalue weighted by molar-refractivity contribution is 5.82. The van der Waals surface area contributed by atoms with Crippen molar-refractivity contribution in [3.8, 4) is 0 Å². The predicted octanol–water partition coefficient (Wildman–Crippen LogP) is 2.90. The van der Waals surface area contributed by atoms with Gasteiger partial charge in [0.15, 0.2) is 5.96 Å². The van der Waals surface area contributed by atoms with Gasteiger partial charge in [0.25, 0.3) is 0 Å². The van der Waals surface area contributed by atoms with Crippen molar-refractivity contribution in [2.75, 3.05) is 13.1 Å². The number of likely N-dealkylation sites (tertiary alicyclic amines) is 1. The first-order valence-electron chi connectivity index (χ1n) is 8.17. The Labute approximate surface area is 138 Å². The molecule has 2 rings (SSSR count). The monoisotopic (exact) mass is 321 g/mol. The Morgan fingerprint density at radius 1 is 1.35 bits per heavy atom. The van der Waals surface area contributed by atoms with Gasteiger partial charge >= 0.3 is 0 Å². The third kappa shape index (κ3) is 3.34. The molecule has 2 N–H and O–H groups in total. The maximum Gasteiger partial charge on any atom is 0.194 e. The number of hydrogen-bond acceptors (Lipinski definition) is 2. The molecule has 0 aliphatic carbocycles. The summed E-state index contributed by atoms with van der Waals surface area (Å²) in [5.74, 6) is 0.504. The van der Waals surface area contributed by atoms with E-state index in [1.54, 1.807) is 12.1 Å². The summed E-state index contributed by atoms with van der Waals surface area (Å²) in [4.78, 5) is 6.98. The van der Waals surface area contributed by atoms with Crippen LogP contribution in [0.4, 0.5) is 4.39 Å². The lowest BCUT2D eigenvalue weighted by atomic mass is 9.65. The van der Waals surface area contributed by atoms with Crippen molar-refractivity contribution in [3.05, 3.63) is 35.1 Å². The van der Waals surface area contributed by atoms with Gasteiger partial charge in [-0.1, -0.05) is 19.9 Å². The maximum atomic E-state index is 13.5. The first-order valence-corrected chi connectivity index (χ1v) is 8.17. The molecule has 0 aromatic heterocycles. The molecule has 0 saturated carbocycles. The van der Waals surface area contributed by atoms with Crippen LogP contribution < -0.4 is 5.32 Å². The van der Waals surface area contributed by atoms with Gasteiger partial charge in [-0.25, -0.2) is 9.38 Å². The van der Waals surface area contributed by atoms with Crippen LogP contribution in [0, 0.1) is 11.2 Å². The van der Waals surface area contributed by atoms with E-state index in [1.807, 2.05) is 0 Å². The second-order valence-electron chi connectivity index (χ2n) is 7.28. The van der Waals surface area contributed by atoms with Crippen LogP contribution in [0.15, 0.2) is 23.2 Å². The average molecular weight is 321 g/mol. The largest absolute Gasteiger partial charge is 0.392 e. The Morgan fingerprint density at radius 2 is 2.04 bits per heavy atom. The van der Waals surface area contributed by atoms with Gasteiger partial charge in [-0.15, -0.1) is 0 Å². The topological polar surface area (TPSA) is 47.9 Å². The Kier molecular flexibility index (Phi) is 4.99. The fourth-order valence-corrected chi connectivity index (χ4v) is 2.81. The zero-order valence-electron chi connectivity index (χ0n) is 14.8. The fourth-order valence-electron chi connectivity index (χ4n) is 2.81. The minimum Gasteiger partial charge on any atom is -0.392 e. The quantitative estimate of drug-likeness (QED) is 0.662. The molecule has 1 aromatic carbocycles. The van der Waals surface area contributed by atoms with Gasteiger partial charge in [-0.05, 0) is 38.5 Å². The Bertz CT molecular complexity index is 596. The molecule has 0 amide bonds. The summed E-state index contributed by atoms with van der Waals surface area (Å²) < 4.78 is 13.5. The van der Waals surface area contributed by atoms with Gasteiger partial charge in [0.1, 0.15) is 5.82 Å². The first-order chi connectivity index (χ1) is 10.7. The molecule has 0 atom stereocenters. The van der Waals surface area contributed by atoms with Crippen molar-refractivity contribution >= 4 is 5.96 Å². The molecule has 0 unspecified atom stereocenters. The number of hydrogen-bond donors (Lipinski definition) is 2. The van der Waals surface area contributed by atoms with Gasteiger partial charge in [-0.2, -0.15) is 0 Å². The van der Waals surface area contributed by atoms with Gasteiger partial charge in [-0.3, -0.25) is 0 Å². The van der Waals surface area contributed by atoms with E-state index >= 15 is 0 Å². The van der Waals surface area contributed by atoms with E-state index in [-0.39, 0.29) is 23.4 Å². The van der Waals surface area contributed by atoms with Crippen molar-refractivity contribution in [2.45, 2.75) is 53.3 Å². The minimum atomic E-state index is -0.377. The van der Waals surface area contributed by atoms with Crippen LogP contribution in [0.25, 0.3) is 0 Å². The number of guanidine groups is 1. The molecular weight excluding hydrogens is 293 g/mol. The van der Waals surface area contributed by atoms with Crippen LogP contribution in [0.3, 0.4) is 0 Å². The highest BCUT2D eigenvalue weighted by Crippen LogP contribution is 2.46. The number of aliphatic imine (C=N–C) groups is 1. The van der Waals surface area contributed by atoms with Crippen molar-refractivity contribution in [1.29, 1.82) is 0 Å². The molecule has 23 heavy (non-hydrogen) atoms. The van der Waals surface area contributed by atoms with E-state index < -0.39 is 0 Å². The normalized spacial score (nSPS) is 19.4. The molecule has 128 valence electrons. The number of halogens is 1. The van der Waals surface area contributed by atoms with Crippen molar-refractivity contribution in [2.24, 2.45) is 10.4 Å². The van der Waals surface area contributed by atoms with E-state index in [9.17, 15) is 4.39 Å². The lowest BCUT2D eigenvalue weighted by molar-refractivity contribution is -0.0667. The molecule has 0 spiro atoms. The molecule has 4 nitrogen and oxygen atoms in total. The molecule has 1 saturated heterocycles. The van der Waals surface area contributed by atoms with Crippen LogP contribution in [0.5, 0.6) is 0 Å². The summed E-state index contributed by atoms with van der Waals surface area (Å²) in [6, 6.07) is 4.78. The SMILES string of the molecule is CCNC(=NCc1ccc(F)c(CO)c1)N1CC(C)(C)C1(C)C. The number of nitrogens with one attached hydrogen (secondary N) is 1. The van der Waals surface area contributed by atoms with Gasteiger partial charge in [0, 0.05) is 29.6 Å². The number of benzene rings is 1. The molecule has 0 radical (unpaired) electrons. The summed E-state index contributed by atoms with van der Waals surface area (Å²) >= 11 is 0. The summed E-state index contributed by atoms with van der Waals surface area (Å²) in [6.45, 7) is 13.0. The maximum absolute atomic E-state index is 13.5. The number of rotatable bonds is 4. The third-order valence-electron chi connectivity index (χ3n) is 5.17. The number of aliphatic hydroxyl groups is 1. The Morgan fingerprint density at radius 3 is 2.57 bits per heavy atom. The lowest BCUT2D eigenvalue weighted by Gasteiger charge is -2.62. The van der Waals surface area contributed by atoms with Gasteiger partial charge in [0.2, 0.25) is 0 Å². The van der Waals surface area contributed by atoms with E-state index in [0.717, 1.165) is 24.6 Å². The van der Waals surface area contributed by atoms with Crippen LogP contribution in [0.1, 0.15) is 45.7 Å². The zero-order valence-corrected chi connectivity index (χ0v) is 14.8. The van der Waals surface area contributed by atoms with Gasteiger partial charge < -0.3 is 15.3 Å². The van der Waals surface area contributed by atoms with Crippen LogP contribution in [0.2, 0.25) is 0 Å². The van der Waals surface area contributed by atoms with Gasteiger partial charge in [0.05, 0.1) is 13.2 Å². The molecule has 1 fully saturated rings. The Balaban J connectivity index is 2.17. The molecule has 0 bridgehead atoms. The average Bonchev–Trinajstić information content (AvgIpc) is 2.50. The number of aliphatic hydroxyl groups excluding tert-OH is 1. The minimum absolute atomic E-state index is 0.0348. The summed E-state index contributed by atoms with van der Waals surface area (Å²) in [5, 5.41) is 12.5. The molecule has 1 aromatic rings. The van der Waals surface area contributed by atoms with Crippen molar-refractivity contribution in [3.63, 3.8) is 0 Å². The van der Waals surface area contributed by atoms with E-state index in [1.165, 1.54) is 6.07 Å². The van der Waals surface area contributed by atoms with Crippen LogP contribution in [-0.2, 0) is 13.2 Å². The molecule has 1 heterocycles.